The van der Waals surface area contributed by atoms with E-state index in [1.807, 2.05) is 13.0 Å². The van der Waals surface area contributed by atoms with Crippen molar-refractivity contribution in [3.63, 3.8) is 0 Å². The molecule has 0 amide bonds. The average molecular weight is 263 g/mol. The van der Waals surface area contributed by atoms with Crippen LogP contribution in [0.1, 0.15) is 23.2 Å². The van der Waals surface area contributed by atoms with Crippen LogP contribution in [0, 0.1) is 6.92 Å². The van der Waals surface area contributed by atoms with Gasteiger partial charge in [-0.05, 0) is 31.0 Å². The lowest BCUT2D eigenvalue weighted by Gasteiger charge is -2.09. The van der Waals surface area contributed by atoms with Gasteiger partial charge >= 0.3 is 0 Å². The summed E-state index contributed by atoms with van der Waals surface area (Å²) in [4.78, 5) is 5.42. The summed E-state index contributed by atoms with van der Waals surface area (Å²) in [6.45, 7) is 4.08. The number of aliphatic hydroxyl groups is 1. The maximum Gasteiger partial charge on any atom is 0.127 e. The van der Waals surface area contributed by atoms with E-state index in [1.165, 1.54) is 16.9 Å². The smallest absolute Gasteiger partial charge is 0.127 e. The lowest BCUT2D eigenvalue weighted by molar-refractivity contribution is 0.281. The Morgan fingerprint density at radius 1 is 1.39 bits per heavy atom. The third kappa shape index (κ3) is 2.40. The molecular weight excluding hydrogens is 246 g/mol. The van der Waals surface area contributed by atoms with Gasteiger partial charge in [0.05, 0.1) is 24.3 Å². The molecule has 0 saturated carbocycles. The van der Waals surface area contributed by atoms with E-state index in [4.69, 9.17) is 9.84 Å². The van der Waals surface area contributed by atoms with Crippen molar-refractivity contribution < 1.29 is 9.84 Å². The molecule has 0 aliphatic carbocycles. The Balaban J connectivity index is 2.56. The predicted octanol–water partition coefficient (Wildman–Crippen LogP) is 3.18. The molecular formula is C14H17NO2S. The highest BCUT2D eigenvalue weighted by Gasteiger charge is 2.14. The van der Waals surface area contributed by atoms with Crippen LogP contribution in [0.15, 0.2) is 18.2 Å². The summed E-state index contributed by atoms with van der Waals surface area (Å²) in [6.07, 6.45) is 0.988. The van der Waals surface area contributed by atoms with Gasteiger partial charge in [-0.2, -0.15) is 0 Å². The molecule has 0 spiro atoms. The van der Waals surface area contributed by atoms with E-state index in [0.29, 0.717) is 0 Å². The van der Waals surface area contributed by atoms with E-state index in [-0.39, 0.29) is 6.61 Å². The molecule has 0 bridgehead atoms. The van der Waals surface area contributed by atoms with Crippen LogP contribution in [0.25, 0.3) is 10.4 Å². The van der Waals surface area contributed by atoms with Gasteiger partial charge in [0.1, 0.15) is 10.8 Å². The summed E-state index contributed by atoms with van der Waals surface area (Å²) < 4.78 is 5.41. The highest BCUT2D eigenvalue weighted by atomic mass is 32.1. The second-order valence-corrected chi connectivity index (χ2v) is 5.15. The van der Waals surface area contributed by atoms with Crippen LogP contribution in [0.2, 0.25) is 0 Å². The first kappa shape index (κ1) is 13.1. The van der Waals surface area contributed by atoms with E-state index >= 15 is 0 Å². The van der Waals surface area contributed by atoms with Crippen molar-refractivity contribution in [3.05, 3.63) is 34.5 Å². The lowest BCUT2D eigenvalue weighted by atomic mass is 10.1. The van der Waals surface area contributed by atoms with Crippen molar-refractivity contribution in [2.75, 3.05) is 7.11 Å². The molecule has 2 rings (SSSR count). The van der Waals surface area contributed by atoms with Crippen molar-refractivity contribution in [2.45, 2.75) is 26.9 Å². The number of methoxy groups -OCH3 is 1. The van der Waals surface area contributed by atoms with Crippen molar-refractivity contribution in [2.24, 2.45) is 0 Å². The fourth-order valence-electron chi connectivity index (χ4n) is 1.92. The molecule has 1 aromatic carbocycles. The summed E-state index contributed by atoms with van der Waals surface area (Å²) in [7, 11) is 1.67. The number of hydrogen-bond donors (Lipinski definition) is 1. The topological polar surface area (TPSA) is 42.4 Å². The van der Waals surface area contributed by atoms with Crippen LogP contribution < -0.4 is 4.74 Å². The summed E-state index contributed by atoms with van der Waals surface area (Å²) in [6, 6.07) is 6.21. The molecule has 1 heterocycles. The van der Waals surface area contributed by atoms with Crippen molar-refractivity contribution in [1.82, 2.24) is 4.98 Å². The molecule has 3 nitrogen and oxygen atoms in total. The molecule has 96 valence electrons. The molecule has 0 unspecified atom stereocenters. The van der Waals surface area contributed by atoms with Crippen LogP contribution in [-0.4, -0.2) is 17.2 Å². The molecule has 4 heteroatoms. The number of ether oxygens (including phenoxy) is 1. The number of hydrogen-bond acceptors (Lipinski definition) is 4. The first-order chi connectivity index (χ1) is 8.69. The zero-order valence-electron chi connectivity index (χ0n) is 10.9. The first-order valence-electron chi connectivity index (χ1n) is 5.94. The van der Waals surface area contributed by atoms with Gasteiger partial charge in [0.2, 0.25) is 0 Å². The molecule has 2 aromatic rings. The van der Waals surface area contributed by atoms with Crippen LogP contribution in [0.3, 0.4) is 0 Å². The third-order valence-electron chi connectivity index (χ3n) is 2.89. The van der Waals surface area contributed by atoms with Crippen molar-refractivity contribution in [3.8, 4) is 16.2 Å². The largest absolute Gasteiger partial charge is 0.496 e. The van der Waals surface area contributed by atoms with Crippen molar-refractivity contribution in [1.29, 1.82) is 0 Å². The molecule has 0 saturated heterocycles. The zero-order valence-corrected chi connectivity index (χ0v) is 11.7. The van der Waals surface area contributed by atoms with E-state index in [0.717, 1.165) is 33.3 Å². The second kappa shape index (κ2) is 5.50. The van der Waals surface area contributed by atoms with Crippen LogP contribution in [0.5, 0.6) is 5.75 Å². The van der Waals surface area contributed by atoms with Crippen molar-refractivity contribution >= 4 is 11.3 Å². The zero-order chi connectivity index (χ0) is 13.1. The maximum absolute atomic E-state index is 9.17. The predicted molar refractivity (Wildman–Crippen MR) is 74.1 cm³/mol. The van der Waals surface area contributed by atoms with E-state index in [9.17, 15) is 0 Å². The third-order valence-corrected chi connectivity index (χ3v) is 4.07. The second-order valence-electron chi connectivity index (χ2n) is 4.07. The number of nitrogens with zero attached hydrogens (tertiary/aromatic N) is 1. The Morgan fingerprint density at radius 2 is 2.17 bits per heavy atom. The van der Waals surface area contributed by atoms with Crippen LogP contribution in [0.4, 0.5) is 0 Å². The lowest BCUT2D eigenvalue weighted by Crippen LogP contribution is -1.90. The van der Waals surface area contributed by atoms with Gasteiger partial charge in [-0.3, -0.25) is 0 Å². The standard InChI is InChI=1S/C14H17NO2S/c1-4-10-5-6-12(17-3)11(7-10)14-9(2)15-13(8-16)18-14/h5-7,16H,4,8H2,1-3H3. The van der Waals surface area contributed by atoms with Gasteiger partial charge < -0.3 is 9.84 Å². The summed E-state index contributed by atoms with van der Waals surface area (Å²) in [5.41, 5.74) is 3.27. The van der Waals surface area contributed by atoms with Gasteiger partial charge in [-0.15, -0.1) is 11.3 Å². The Bertz CT molecular complexity index is 549. The highest BCUT2D eigenvalue weighted by molar-refractivity contribution is 7.15. The molecule has 0 atom stereocenters. The molecule has 0 aliphatic rings. The Hall–Kier alpha value is -1.39. The van der Waals surface area contributed by atoms with Gasteiger partial charge in [0.25, 0.3) is 0 Å². The molecule has 0 fully saturated rings. The quantitative estimate of drug-likeness (QED) is 0.921. The fourth-order valence-corrected chi connectivity index (χ4v) is 2.87. The monoisotopic (exact) mass is 263 g/mol. The number of rotatable bonds is 4. The normalized spacial score (nSPS) is 10.7. The SMILES string of the molecule is CCc1ccc(OC)c(-c2sc(CO)nc2C)c1. The van der Waals surface area contributed by atoms with Gasteiger partial charge in [-0.25, -0.2) is 4.98 Å². The molecule has 0 radical (unpaired) electrons. The number of benzene rings is 1. The van der Waals surface area contributed by atoms with E-state index in [2.05, 4.69) is 24.0 Å². The minimum absolute atomic E-state index is 0.0126. The fraction of sp³-hybridized carbons (Fsp3) is 0.357. The van der Waals surface area contributed by atoms with Gasteiger partial charge in [-0.1, -0.05) is 13.0 Å². The number of aromatic nitrogens is 1. The minimum Gasteiger partial charge on any atom is -0.496 e. The summed E-state index contributed by atoms with van der Waals surface area (Å²) in [5.74, 6) is 0.850. The number of aryl methyl sites for hydroxylation is 2. The van der Waals surface area contributed by atoms with Gasteiger partial charge in [0, 0.05) is 5.56 Å². The Kier molecular flexibility index (Phi) is 3.99. The maximum atomic E-state index is 9.17. The highest BCUT2D eigenvalue weighted by Crippen LogP contribution is 2.37. The van der Waals surface area contributed by atoms with Crippen LogP contribution in [-0.2, 0) is 13.0 Å². The summed E-state index contributed by atoms with van der Waals surface area (Å²) in [5, 5.41) is 9.91. The average Bonchev–Trinajstić information content (AvgIpc) is 2.79. The molecule has 1 aromatic heterocycles. The van der Waals surface area contributed by atoms with Gasteiger partial charge in [0.15, 0.2) is 0 Å². The van der Waals surface area contributed by atoms with E-state index in [1.54, 1.807) is 7.11 Å². The molecule has 1 N–H and O–H groups in total. The molecule has 0 aliphatic heterocycles. The Morgan fingerprint density at radius 3 is 2.72 bits per heavy atom. The first-order valence-corrected chi connectivity index (χ1v) is 6.75. The Labute approximate surface area is 111 Å². The van der Waals surface area contributed by atoms with E-state index < -0.39 is 0 Å². The summed E-state index contributed by atoms with van der Waals surface area (Å²) >= 11 is 1.52. The number of aliphatic hydroxyl groups excluding tert-OH is 1. The number of thiazole rings is 1. The van der Waals surface area contributed by atoms with Crippen LogP contribution >= 0.6 is 11.3 Å². The molecule has 18 heavy (non-hydrogen) atoms. The minimum atomic E-state index is -0.0126.